The molecular formula is C22H32IN5O2. The maximum atomic E-state index is 12.5. The highest BCUT2D eigenvalue weighted by Crippen LogP contribution is 2.26. The van der Waals surface area contributed by atoms with Crippen LogP contribution in [0.25, 0.3) is 0 Å². The Labute approximate surface area is 195 Å². The van der Waals surface area contributed by atoms with E-state index in [2.05, 4.69) is 20.5 Å². The molecule has 8 heteroatoms. The summed E-state index contributed by atoms with van der Waals surface area (Å²) in [6.07, 6.45) is 6.52. The second-order valence-corrected chi connectivity index (χ2v) is 8.13. The summed E-state index contributed by atoms with van der Waals surface area (Å²) in [6, 6.07) is 8.15. The van der Waals surface area contributed by atoms with Crippen molar-refractivity contribution in [1.29, 1.82) is 0 Å². The molecule has 2 N–H and O–H groups in total. The summed E-state index contributed by atoms with van der Waals surface area (Å²) in [5.41, 5.74) is 0.981. The quantitative estimate of drug-likeness (QED) is 0.259. The number of guanidine groups is 1. The number of rotatable bonds is 6. The number of hydrogen-bond acceptors (Lipinski definition) is 4. The lowest BCUT2D eigenvalue weighted by atomic mass is 10.1. The molecule has 1 aromatic rings. The molecule has 1 unspecified atom stereocenters. The lowest BCUT2D eigenvalue weighted by Gasteiger charge is -2.24. The van der Waals surface area contributed by atoms with Crippen LogP contribution in [0.15, 0.2) is 29.3 Å². The Balaban J connectivity index is 0.00000256. The Kier molecular flexibility index (Phi) is 8.10. The lowest BCUT2D eigenvalue weighted by Crippen LogP contribution is -2.45. The topological polar surface area (TPSA) is 77.0 Å². The minimum absolute atomic E-state index is 0. The normalized spacial score (nSPS) is 22.4. The van der Waals surface area contributed by atoms with Crippen molar-refractivity contribution in [3.8, 4) is 0 Å². The second kappa shape index (κ2) is 10.6. The SMILES string of the molecule is CCNC(=NCCN1C(=O)c2ccccc2C1=O)NC1CCN(C2CCCC2)C1.I. The monoisotopic (exact) mass is 525 g/mol. The number of imide groups is 1. The summed E-state index contributed by atoms with van der Waals surface area (Å²) >= 11 is 0. The summed E-state index contributed by atoms with van der Waals surface area (Å²) in [6.45, 7) is 5.71. The first-order valence-electron chi connectivity index (χ1n) is 10.9. The number of hydrogen-bond donors (Lipinski definition) is 2. The molecule has 1 atom stereocenters. The fourth-order valence-corrected chi connectivity index (χ4v) is 4.72. The first-order chi connectivity index (χ1) is 14.2. The first-order valence-corrected chi connectivity index (χ1v) is 10.9. The Bertz CT molecular complexity index is 758. The van der Waals surface area contributed by atoms with Crippen LogP contribution in [0.5, 0.6) is 0 Å². The summed E-state index contributed by atoms with van der Waals surface area (Å²) < 4.78 is 0. The molecule has 2 aliphatic heterocycles. The van der Waals surface area contributed by atoms with E-state index in [9.17, 15) is 9.59 Å². The Morgan fingerprint density at radius 1 is 1.10 bits per heavy atom. The summed E-state index contributed by atoms with van der Waals surface area (Å²) in [5, 5.41) is 6.83. The number of amides is 2. The minimum atomic E-state index is -0.221. The fourth-order valence-electron chi connectivity index (χ4n) is 4.72. The zero-order valence-corrected chi connectivity index (χ0v) is 19.9. The van der Waals surface area contributed by atoms with Crippen molar-refractivity contribution in [3.63, 3.8) is 0 Å². The number of halogens is 1. The molecule has 1 aliphatic carbocycles. The number of fused-ring (bicyclic) bond motifs is 1. The molecule has 1 saturated carbocycles. The van der Waals surface area contributed by atoms with E-state index in [1.54, 1.807) is 24.3 Å². The molecule has 0 bridgehead atoms. The molecule has 3 aliphatic rings. The van der Waals surface area contributed by atoms with Gasteiger partial charge in [0.2, 0.25) is 0 Å². The van der Waals surface area contributed by atoms with Gasteiger partial charge in [-0.05, 0) is 38.3 Å². The van der Waals surface area contributed by atoms with Crippen LogP contribution in [0, 0.1) is 0 Å². The van der Waals surface area contributed by atoms with Crippen molar-refractivity contribution in [3.05, 3.63) is 35.4 Å². The van der Waals surface area contributed by atoms with Gasteiger partial charge in [0.05, 0.1) is 17.7 Å². The standard InChI is InChI=1S/C22H31N5O2.HI/c1-2-23-22(25-16-11-13-26(15-16)17-7-3-4-8-17)24-12-14-27-20(28)18-9-5-6-10-19(18)21(27)29;/h5-6,9-10,16-17H,2-4,7-8,11-15H2,1H3,(H2,23,24,25);1H. The highest BCUT2D eigenvalue weighted by Gasteiger charge is 2.34. The van der Waals surface area contributed by atoms with E-state index < -0.39 is 0 Å². The zero-order valence-electron chi connectivity index (χ0n) is 17.6. The van der Waals surface area contributed by atoms with Crippen LogP contribution in [0.4, 0.5) is 0 Å². The summed E-state index contributed by atoms with van der Waals surface area (Å²) in [5.74, 6) is 0.325. The maximum Gasteiger partial charge on any atom is 0.261 e. The Morgan fingerprint density at radius 3 is 2.40 bits per heavy atom. The van der Waals surface area contributed by atoms with Gasteiger partial charge in [0.15, 0.2) is 5.96 Å². The summed E-state index contributed by atoms with van der Waals surface area (Å²) in [4.78, 5) is 33.5. The molecule has 164 valence electrons. The molecule has 0 radical (unpaired) electrons. The average Bonchev–Trinajstić information content (AvgIpc) is 3.46. The molecule has 1 aromatic carbocycles. The van der Waals surface area contributed by atoms with E-state index in [4.69, 9.17) is 0 Å². The fraction of sp³-hybridized carbons (Fsp3) is 0.591. The second-order valence-electron chi connectivity index (χ2n) is 8.13. The minimum Gasteiger partial charge on any atom is -0.357 e. The molecule has 0 spiro atoms. The van der Waals surface area contributed by atoms with Gasteiger partial charge in [-0.15, -0.1) is 24.0 Å². The molecule has 4 rings (SSSR count). The van der Waals surface area contributed by atoms with Crippen LogP contribution in [0.1, 0.15) is 59.7 Å². The van der Waals surface area contributed by atoms with Crippen molar-refractivity contribution in [1.82, 2.24) is 20.4 Å². The van der Waals surface area contributed by atoms with Crippen LogP contribution in [0.3, 0.4) is 0 Å². The van der Waals surface area contributed by atoms with Gasteiger partial charge >= 0.3 is 0 Å². The number of likely N-dealkylation sites (tertiary alicyclic amines) is 1. The molecule has 2 fully saturated rings. The van der Waals surface area contributed by atoms with Gasteiger partial charge in [0.1, 0.15) is 0 Å². The molecule has 7 nitrogen and oxygen atoms in total. The number of aliphatic imine (C=N–C) groups is 1. The van der Waals surface area contributed by atoms with Gasteiger partial charge in [-0.2, -0.15) is 0 Å². The first kappa shape index (κ1) is 23.0. The smallest absolute Gasteiger partial charge is 0.261 e. The van der Waals surface area contributed by atoms with E-state index in [1.165, 1.54) is 30.6 Å². The van der Waals surface area contributed by atoms with Crippen LogP contribution in [-0.4, -0.2) is 72.4 Å². The van der Waals surface area contributed by atoms with Crippen LogP contribution >= 0.6 is 24.0 Å². The largest absolute Gasteiger partial charge is 0.357 e. The van der Waals surface area contributed by atoms with Gasteiger partial charge in [-0.1, -0.05) is 25.0 Å². The van der Waals surface area contributed by atoms with Crippen LogP contribution in [0.2, 0.25) is 0 Å². The van der Waals surface area contributed by atoms with Gasteiger partial charge in [-0.25, -0.2) is 0 Å². The molecule has 1 saturated heterocycles. The number of carbonyl (C=O) groups is 2. The highest BCUT2D eigenvalue weighted by molar-refractivity contribution is 14.0. The van der Waals surface area contributed by atoms with E-state index in [0.717, 1.165) is 38.1 Å². The van der Waals surface area contributed by atoms with Gasteiger partial charge < -0.3 is 10.6 Å². The highest BCUT2D eigenvalue weighted by atomic mass is 127. The molecule has 0 aromatic heterocycles. The average molecular weight is 525 g/mol. The zero-order chi connectivity index (χ0) is 20.2. The van der Waals surface area contributed by atoms with Crippen molar-refractivity contribution >= 4 is 41.8 Å². The predicted molar refractivity (Wildman–Crippen MR) is 129 cm³/mol. The van der Waals surface area contributed by atoms with Crippen LogP contribution in [-0.2, 0) is 0 Å². The summed E-state index contributed by atoms with van der Waals surface area (Å²) in [7, 11) is 0. The maximum absolute atomic E-state index is 12.5. The van der Waals surface area contributed by atoms with E-state index in [0.29, 0.717) is 30.3 Å². The van der Waals surface area contributed by atoms with E-state index >= 15 is 0 Å². The van der Waals surface area contributed by atoms with Crippen molar-refractivity contribution in [2.75, 3.05) is 32.7 Å². The predicted octanol–water partition coefficient (Wildman–Crippen LogP) is 2.47. The Morgan fingerprint density at radius 2 is 1.77 bits per heavy atom. The van der Waals surface area contributed by atoms with E-state index in [1.807, 2.05) is 6.92 Å². The molecule has 2 heterocycles. The van der Waals surface area contributed by atoms with E-state index in [-0.39, 0.29) is 35.8 Å². The lowest BCUT2D eigenvalue weighted by molar-refractivity contribution is 0.0659. The third kappa shape index (κ3) is 4.96. The van der Waals surface area contributed by atoms with Crippen molar-refractivity contribution in [2.24, 2.45) is 4.99 Å². The third-order valence-corrected chi connectivity index (χ3v) is 6.22. The van der Waals surface area contributed by atoms with Gasteiger partial charge in [0, 0.05) is 38.3 Å². The number of nitrogens with zero attached hydrogens (tertiary/aromatic N) is 3. The molecule has 2 amide bonds. The Hall–Kier alpha value is -1.68. The van der Waals surface area contributed by atoms with Gasteiger partial charge in [0.25, 0.3) is 11.8 Å². The number of benzene rings is 1. The molecular weight excluding hydrogens is 493 g/mol. The van der Waals surface area contributed by atoms with Gasteiger partial charge in [-0.3, -0.25) is 24.4 Å². The number of carbonyl (C=O) groups excluding carboxylic acids is 2. The van der Waals surface area contributed by atoms with Crippen molar-refractivity contribution < 1.29 is 9.59 Å². The third-order valence-electron chi connectivity index (χ3n) is 6.22. The molecule has 30 heavy (non-hydrogen) atoms. The van der Waals surface area contributed by atoms with Crippen molar-refractivity contribution in [2.45, 2.75) is 51.1 Å². The van der Waals surface area contributed by atoms with Crippen LogP contribution < -0.4 is 10.6 Å². The number of nitrogens with one attached hydrogen (secondary N) is 2.